The molecule has 3 heterocycles. The molecule has 1 atom stereocenters. The first-order valence-electron chi connectivity index (χ1n) is 9.15. The van der Waals surface area contributed by atoms with Crippen molar-refractivity contribution in [2.24, 2.45) is 5.73 Å². The highest BCUT2D eigenvalue weighted by molar-refractivity contribution is 7.89. The summed E-state index contributed by atoms with van der Waals surface area (Å²) >= 11 is 3.32. The summed E-state index contributed by atoms with van der Waals surface area (Å²) in [4.78, 5) is 28.4. The molecule has 0 saturated heterocycles. The Labute approximate surface area is 182 Å². The molecule has 0 radical (unpaired) electrons. The molecule has 3 N–H and O–H groups in total. The fourth-order valence-electron chi connectivity index (χ4n) is 3.48. The predicted octanol–water partition coefficient (Wildman–Crippen LogP) is 2.36. The lowest BCUT2D eigenvalue weighted by molar-refractivity contribution is -0.116. The summed E-state index contributed by atoms with van der Waals surface area (Å²) in [5.41, 5.74) is 6.55. The second kappa shape index (κ2) is 8.31. The fourth-order valence-corrected chi connectivity index (χ4v) is 6.23. The molecule has 3 aromatic rings. The molecule has 0 aliphatic carbocycles. The molecule has 7 nitrogen and oxygen atoms in total. The minimum absolute atomic E-state index is 0.0335. The average molecular weight is 462 g/mol. The van der Waals surface area contributed by atoms with Crippen LogP contribution in [0.25, 0.3) is 0 Å². The van der Waals surface area contributed by atoms with Crippen LogP contribution in [0.5, 0.6) is 0 Å². The number of nitrogens with one attached hydrogen (secondary N) is 1. The summed E-state index contributed by atoms with van der Waals surface area (Å²) in [6.45, 7) is 0.109. The summed E-state index contributed by atoms with van der Waals surface area (Å²) in [5, 5.41) is 4.05. The summed E-state index contributed by atoms with van der Waals surface area (Å²) < 4.78 is 26.6. The maximum atomic E-state index is 13.3. The van der Waals surface area contributed by atoms with E-state index in [1.165, 1.54) is 29.1 Å². The molecule has 1 aliphatic heterocycles. The predicted molar refractivity (Wildman–Crippen MR) is 116 cm³/mol. The van der Waals surface area contributed by atoms with Crippen LogP contribution in [0.2, 0.25) is 0 Å². The highest BCUT2D eigenvalue weighted by atomic mass is 32.2. The molecule has 1 aromatic carbocycles. The van der Waals surface area contributed by atoms with E-state index in [1.54, 1.807) is 22.7 Å². The van der Waals surface area contributed by atoms with E-state index in [4.69, 9.17) is 5.73 Å². The lowest BCUT2D eigenvalue weighted by atomic mass is 9.97. The number of carbonyl (C=O) groups excluding carboxylic acids is 2. The van der Waals surface area contributed by atoms with Crippen molar-refractivity contribution in [3.05, 3.63) is 74.1 Å². The zero-order valence-corrected chi connectivity index (χ0v) is 18.2. The Morgan fingerprint density at radius 1 is 1.10 bits per heavy atom. The van der Waals surface area contributed by atoms with Gasteiger partial charge in [-0.25, -0.2) is 13.1 Å². The first kappa shape index (κ1) is 20.7. The second-order valence-electron chi connectivity index (χ2n) is 6.78. The number of hydrogen-bond acceptors (Lipinski definition) is 6. The lowest BCUT2D eigenvalue weighted by Crippen LogP contribution is -2.39. The monoisotopic (exact) mass is 461 g/mol. The molecule has 1 unspecified atom stereocenters. The zero-order chi connectivity index (χ0) is 21.3. The Bertz CT molecular complexity index is 1170. The first-order valence-corrected chi connectivity index (χ1v) is 12.4. The molecule has 0 fully saturated rings. The van der Waals surface area contributed by atoms with Crippen LogP contribution in [-0.2, 0) is 21.2 Å². The summed E-state index contributed by atoms with van der Waals surface area (Å²) in [5.74, 6) is -0.929. The van der Waals surface area contributed by atoms with E-state index in [1.807, 2.05) is 22.4 Å². The van der Waals surface area contributed by atoms with E-state index in [2.05, 4.69) is 16.2 Å². The highest BCUT2D eigenvalue weighted by Crippen LogP contribution is 2.40. The van der Waals surface area contributed by atoms with Crippen molar-refractivity contribution in [1.82, 2.24) is 9.62 Å². The van der Waals surface area contributed by atoms with Gasteiger partial charge in [0.2, 0.25) is 15.9 Å². The van der Waals surface area contributed by atoms with Crippen molar-refractivity contribution in [3.8, 4) is 0 Å². The van der Waals surface area contributed by atoms with Crippen LogP contribution in [0.1, 0.15) is 31.7 Å². The van der Waals surface area contributed by atoms with Gasteiger partial charge in [0.25, 0.3) is 5.91 Å². The van der Waals surface area contributed by atoms with Gasteiger partial charge in [-0.05, 0) is 59.1 Å². The molecule has 1 aliphatic rings. The van der Waals surface area contributed by atoms with Crippen LogP contribution in [-0.4, -0.2) is 38.2 Å². The first-order chi connectivity index (χ1) is 14.4. The topological polar surface area (TPSA) is 110 Å². The molecule has 156 valence electrons. The van der Waals surface area contributed by atoms with Crippen molar-refractivity contribution < 1.29 is 18.0 Å². The van der Waals surface area contributed by atoms with Gasteiger partial charge in [-0.3, -0.25) is 9.59 Å². The van der Waals surface area contributed by atoms with E-state index in [0.717, 1.165) is 16.9 Å². The molecule has 30 heavy (non-hydrogen) atoms. The maximum absolute atomic E-state index is 13.3. The van der Waals surface area contributed by atoms with Crippen molar-refractivity contribution in [2.45, 2.75) is 17.4 Å². The minimum atomic E-state index is -3.87. The summed E-state index contributed by atoms with van der Waals surface area (Å²) in [6, 6.07) is 11.6. The van der Waals surface area contributed by atoms with Gasteiger partial charge >= 0.3 is 0 Å². The molecule has 0 bridgehead atoms. The highest BCUT2D eigenvalue weighted by Gasteiger charge is 2.34. The Morgan fingerprint density at radius 2 is 1.87 bits per heavy atom. The van der Waals surface area contributed by atoms with Crippen molar-refractivity contribution >= 4 is 44.5 Å². The summed E-state index contributed by atoms with van der Waals surface area (Å²) in [7, 11) is -3.87. The van der Waals surface area contributed by atoms with E-state index in [-0.39, 0.29) is 16.8 Å². The number of sulfonamides is 1. The Morgan fingerprint density at radius 3 is 2.53 bits per heavy atom. The van der Waals surface area contributed by atoms with Crippen LogP contribution in [0.4, 0.5) is 0 Å². The quantitative estimate of drug-likeness (QED) is 0.587. The molecular formula is C20H19N3O4S3. The van der Waals surface area contributed by atoms with Crippen LogP contribution >= 0.6 is 22.7 Å². The Hall–Kier alpha value is -2.53. The number of amides is 2. The Balaban J connectivity index is 1.60. The number of nitrogens with zero attached hydrogens (tertiary/aromatic N) is 1. The van der Waals surface area contributed by atoms with E-state index in [9.17, 15) is 18.0 Å². The van der Waals surface area contributed by atoms with Crippen molar-refractivity contribution in [1.29, 1.82) is 0 Å². The molecule has 0 spiro atoms. The van der Waals surface area contributed by atoms with Gasteiger partial charge in [0, 0.05) is 21.9 Å². The number of primary amides is 1. The molecule has 2 aromatic heterocycles. The molecule has 0 saturated carbocycles. The SMILES string of the molecule is NC(=O)CNS(=O)(=O)c1ccc(C(=O)N2CCc3sccc3C2c2cccs2)cc1. The number of benzene rings is 1. The fraction of sp³-hybridized carbons (Fsp3) is 0.200. The third-order valence-corrected chi connectivity index (χ3v) is 8.23. The van der Waals surface area contributed by atoms with Crippen LogP contribution < -0.4 is 10.5 Å². The lowest BCUT2D eigenvalue weighted by Gasteiger charge is -2.35. The number of fused-ring (bicyclic) bond motifs is 1. The Kier molecular flexibility index (Phi) is 5.74. The molecular weight excluding hydrogens is 442 g/mol. The second-order valence-corrected chi connectivity index (χ2v) is 10.5. The van der Waals surface area contributed by atoms with Gasteiger partial charge in [0.15, 0.2) is 0 Å². The van der Waals surface area contributed by atoms with Gasteiger partial charge < -0.3 is 10.6 Å². The molecule has 4 rings (SSSR count). The third-order valence-electron chi connectivity index (χ3n) is 4.89. The van der Waals surface area contributed by atoms with Gasteiger partial charge in [0.05, 0.1) is 17.5 Å². The van der Waals surface area contributed by atoms with Crippen molar-refractivity contribution in [3.63, 3.8) is 0 Å². The average Bonchev–Trinajstić information content (AvgIpc) is 3.43. The number of thiophene rings is 2. The molecule has 2 amide bonds. The van der Waals surface area contributed by atoms with E-state index in [0.29, 0.717) is 12.1 Å². The normalized spacial score (nSPS) is 16.3. The van der Waals surface area contributed by atoms with Gasteiger partial charge in [-0.2, -0.15) is 0 Å². The maximum Gasteiger partial charge on any atom is 0.254 e. The number of nitrogens with two attached hydrogens (primary N) is 1. The summed E-state index contributed by atoms with van der Waals surface area (Å²) in [6.07, 6.45) is 0.796. The van der Waals surface area contributed by atoms with Crippen molar-refractivity contribution in [2.75, 3.05) is 13.1 Å². The number of carbonyl (C=O) groups is 2. The largest absolute Gasteiger partial charge is 0.369 e. The van der Waals surface area contributed by atoms with Crippen LogP contribution in [0.3, 0.4) is 0 Å². The number of rotatable bonds is 6. The molecule has 10 heteroatoms. The van der Waals surface area contributed by atoms with Gasteiger partial charge in [-0.15, -0.1) is 22.7 Å². The third kappa shape index (κ3) is 4.04. The van der Waals surface area contributed by atoms with Crippen LogP contribution in [0, 0.1) is 0 Å². The van der Waals surface area contributed by atoms with E-state index >= 15 is 0 Å². The van der Waals surface area contributed by atoms with Gasteiger partial charge in [-0.1, -0.05) is 6.07 Å². The van der Waals surface area contributed by atoms with Crippen LogP contribution in [0.15, 0.2) is 58.1 Å². The number of hydrogen-bond donors (Lipinski definition) is 2. The van der Waals surface area contributed by atoms with Gasteiger partial charge in [0.1, 0.15) is 0 Å². The van der Waals surface area contributed by atoms with E-state index < -0.39 is 22.5 Å². The minimum Gasteiger partial charge on any atom is -0.369 e. The standard InChI is InChI=1S/C20H19N3O4S3/c21-18(24)12-22-30(26,27)14-5-3-13(4-6-14)20(25)23-9-7-16-15(8-11-29-16)19(23)17-2-1-10-28-17/h1-6,8,10-11,19,22H,7,9,12H2,(H2,21,24). The smallest absolute Gasteiger partial charge is 0.254 e. The zero-order valence-electron chi connectivity index (χ0n) is 15.8.